The molecule has 0 fully saturated rings. The van der Waals surface area contributed by atoms with Crippen molar-refractivity contribution >= 4 is 22.9 Å². The van der Waals surface area contributed by atoms with Crippen LogP contribution in [0.25, 0.3) is 10.8 Å². The third kappa shape index (κ3) is 2.72. The SMILES string of the molecule is O=C(C[NH+]1C=CN=C1)c1cccc2ccccc12.[Cl-]. The van der Waals surface area contributed by atoms with Gasteiger partial charge < -0.3 is 12.4 Å². The molecular formula is C15H13ClN2O. The number of halogens is 1. The van der Waals surface area contributed by atoms with Crippen LogP contribution in [0.3, 0.4) is 0 Å². The average Bonchev–Trinajstić information content (AvgIpc) is 2.91. The van der Waals surface area contributed by atoms with Gasteiger partial charge in [-0.2, -0.15) is 0 Å². The Hall–Kier alpha value is -1.97. The molecule has 1 unspecified atom stereocenters. The highest BCUT2D eigenvalue weighted by molar-refractivity contribution is 6.08. The van der Waals surface area contributed by atoms with Crippen molar-refractivity contribution in [2.75, 3.05) is 6.54 Å². The van der Waals surface area contributed by atoms with E-state index >= 15 is 0 Å². The molecule has 2 aromatic rings. The number of carbonyl (C=O) groups excluding carboxylic acids is 1. The van der Waals surface area contributed by atoms with Gasteiger partial charge >= 0.3 is 0 Å². The molecule has 2 aromatic carbocycles. The van der Waals surface area contributed by atoms with Crippen LogP contribution in [0.2, 0.25) is 0 Å². The predicted octanol–water partition coefficient (Wildman–Crippen LogP) is -1.58. The van der Waals surface area contributed by atoms with E-state index < -0.39 is 0 Å². The molecule has 1 N–H and O–H groups in total. The average molecular weight is 273 g/mol. The van der Waals surface area contributed by atoms with Gasteiger partial charge in [0.25, 0.3) is 0 Å². The smallest absolute Gasteiger partial charge is 0.218 e. The van der Waals surface area contributed by atoms with Crippen LogP contribution in [0.4, 0.5) is 0 Å². The molecule has 3 nitrogen and oxygen atoms in total. The Labute approximate surface area is 117 Å². The van der Waals surface area contributed by atoms with Crippen LogP contribution in [0.5, 0.6) is 0 Å². The Morgan fingerprint density at radius 3 is 2.68 bits per heavy atom. The fourth-order valence-corrected chi connectivity index (χ4v) is 2.17. The lowest BCUT2D eigenvalue weighted by Crippen LogP contribution is -3.06. The highest BCUT2D eigenvalue weighted by Gasteiger charge is 2.16. The van der Waals surface area contributed by atoms with Crippen molar-refractivity contribution in [2.24, 2.45) is 4.99 Å². The van der Waals surface area contributed by atoms with Crippen LogP contribution < -0.4 is 17.3 Å². The highest BCUT2D eigenvalue weighted by atomic mass is 35.5. The number of rotatable bonds is 3. The number of fused-ring (bicyclic) bond motifs is 1. The summed E-state index contributed by atoms with van der Waals surface area (Å²) in [6.45, 7) is 0.411. The van der Waals surface area contributed by atoms with Crippen molar-refractivity contribution in [3.8, 4) is 0 Å². The molecule has 0 aromatic heterocycles. The normalized spacial score (nSPS) is 16.5. The molecule has 1 atom stereocenters. The number of aliphatic imine (C=N–C) groups is 1. The molecule has 1 heterocycles. The standard InChI is InChI=1S/C15H12N2O.ClH/c18-15(10-17-9-8-16-11-17)14-7-3-5-12-4-1-2-6-13(12)14;/h1-9,11H,10H2;1H. The summed E-state index contributed by atoms with van der Waals surface area (Å²) < 4.78 is 0. The fraction of sp³-hybridized carbons (Fsp3) is 0.0667. The molecule has 0 spiro atoms. The monoisotopic (exact) mass is 272 g/mol. The first-order chi connectivity index (χ1) is 8.84. The topological polar surface area (TPSA) is 33.9 Å². The summed E-state index contributed by atoms with van der Waals surface area (Å²) >= 11 is 0. The Morgan fingerprint density at radius 1 is 1.11 bits per heavy atom. The molecule has 19 heavy (non-hydrogen) atoms. The van der Waals surface area contributed by atoms with Gasteiger partial charge in [0, 0.05) is 5.56 Å². The van der Waals surface area contributed by atoms with Crippen molar-refractivity contribution < 1.29 is 22.1 Å². The first kappa shape index (κ1) is 13.5. The number of ketones is 1. The van der Waals surface area contributed by atoms with Gasteiger partial charge in [-0.25, -0.2) is 4.99 Å². The minimum atomic E-state index is 0. The summed E-state index contributed by atoms with van der Waals surface area (Å²) in [7, 11) is 0. The van der Waals surface area contributed by atoms with Crippen molar-refractivity contribution in [2.45, 2.75) is 0 Å². The molecule has 0 bridgehead atoms. The zero-order valence-corrected chi connectivity index (χ0v) is 11.0. The second kappa shape index (κ2) is 5.78. The lowest BCUT2D eigenvalue weighted by Gasteiger charge is -2.07. The molecule has 0 saturated heterocycles. The summed E-state index contributed by atoms with van der Waals surface area (Å²) in [5.41, 5.74) is 0.786. The molecule has 1 aliphatic heterocycles. The maximum atomic E-state index is 12.3. The van der Waals surface area contributed by atoms with Crippen LogP contribution in [-0.4, -0.2) is 18.7 Å². The van der Waals surface area contributed by atoms with E-state index in [0.29, 0.717) is 6.54 Å². The quantitative estimate of drug-likeness (QED) is 0.673. The van der Waals surface area contributed by atoms with Crippen LogP contribution in [0, 0.1) is 0 Å². The van der Waals surface area contributed by atoms with Gasteiger partial charge in [0.1, 0.15) is 6.20 Å². The Kier molecular flexibility index (Phi) is 4.10. The van der Waals surface area contributed by atoms with Gasteiger partial charge in [0.15, 0.2) is 12.9 Å². The van der Waals surface area contributed by atoms with E-state index in [-0.39, 0.29) is 18.2 Å². The van der Waals surface area contributed by atoms with Crippen LogP contribution in [0.15, 0.2) is 59.9 Å². The Bertz CT molecular complexity index is 647. The first-order valence-electron chi connectivity index (χ1n) is 5.91. The number of nitrogens with one attached hydrogen (secondary N) is 1. The summed E-state index contributed by atoms with van der Waals surface area (Å²) in [4.78, 5) is 17.2. The van der Waals surface area contributed by atoms with Gasteiger partial charge in [-0.05, 0) is 10.8 Å². The Balaban J connectivity index is 0.00000133. The molecule has 0 radical (unpaired) electrons. The number of benzene rings is 2. The van der Waals surface area contributed by atoms with Crippen LogP contribution in [0.1, 0.15) is 10.4 Å². The zero-order valence-electron chi connectivity index (χ0n) is 10.2. The van der Waals surface area contributed by atoms with Crippen molar-refractivity contribution in [3.63, 3.8) is 0 Å². The van der Waals surface area contributed by atoms with E-state index in [4.69, 9.17) is 0 Å². The van der Waals surface area contributed by atoms with Gasteiger partial charge in [-0.15, -0.1) is 0 Å². The molecule has 0 aliphatic carbocycles. The molecular weight excluding hydrogens is 260 g/mol. The molecule has 3 rings (SSSR count). The van der Waals surface area contributed by atoms with Gasteiger partial charge in [-0.1, -0.05) is 42.5 Å². The fourth-order valence-electron chi connectivity index (χ4n) is 2.17. The molecule has 1 aliphatic rings. The summed E-state index contributed by atoms with van der Waals surface area (Å²) in [6.07, 6.45) is 5.33. The summed E-state index contributed by atoms with van der Waals surface area (Å²) in [6, 6.07) is 13.8. The van der Waals surface area contributed by atoms with Crippen molar-refractivity contribution in [3.05, 3.63) is 60.4 Å². The molecule has 96 valence electrons. The second-order valence-electron chi connectivity index (χ2n) is 4.30. The van der Waals surface area contributed by atoms with E-state index in [9.17, 15) is 4.79 Å². The summed E-state index contributed by atoms with van der Waals surface area (Å²) in [5.74, 6) is 0.139. The van der Waals surface area contributed by atoms with E-state index in [1.54, 1.807) is 12.5 Å². The maximum absolute atomic E-state index is 12.3. The lowest BCUT2D eigenvalue weighted by atomic mass is 10.0. The van der Waals surface area contributed by atoms with Gasteiger partial charge in [-0.3, -0.25) is 9.69 Å². The number of Topliss-reactive ketones (excluding diaryl/α,β-unsaturated/α-hetero) is 1. The lowest BCUT2D eigenvalue weighted by molar-refractivity contribution is -0.725. The number of carbonyl (C=O) groups is 1. The third-order valence-electron chi connectivity index (χ3n) is 3.07. The Morgan fingerprint density at radius 2 is 1.89 bits per heavy atom. The first-order valence-corrected chi connectivity index (χ1v) is 5.91. The van der Waals surface area contributed by atoms with Crippen molar-refractivity contribution in [1.29, 1.82) is 0 Å². The van der Waals surface area contributed by atoms with Gasteiger partial charge in [0.2, 0.25) is 5.78 Å². The largest absolute Gasteiger partial charge is 1.00 e. The zero-order chi connectivity index (χ0) is 12.4. The third-order valence-corrected chi connectivity index (χ3v) is 3.07. The van der Waals surface area contributed by atoms with E-state index in [0.717, 1.165) is 21.2 Å². The maximum Gasteiger partial charge on any atom is 0.218 e. The minimum absolute atomic E-state index is 0. The van der Waals surface area contributed by atoms with E-state index in [1.165, 1.54) is 0 Å². The second-order valence-corrected chi connectivity index (χ2v) is 4.30. The molecule has 4 heteroatoms. The number of hydrogen-bond donors (Lipinski definition) is 1. The molecule has 0 saturated carbocycles. The van der Waals surface area contributed by atoms with Crippen molar-refractivity contribution in [1.82, 2.24) is 0 Å². The predicted molar refractivity (Wildman–Crippen MR) is 71.7 cm³/mol. The highest BCUT2D eigenvalue weighted by Crippen LogP contribution is 2.18. The van der Waals surface area contributed by atoms with Gasteiger partial charge in [0.05, 0.1) is 6.20 Å². The molecule has 0 amide bonds. The van der Waals surface area contributed by atoms with Crippen LogP contribution >= 0.6 is 0 Å². The van der Waals surface area contributed by atoms with E-state index in [1.807, 2.05) is 48.7 Å². The number of quaternary nitrogens is 1. The van der Waals surface area contributed by atoms with Crippen LogP contribution in [-0.2, 0) is 0 Å². The number of nitrogens with zero attached hydrogens (tertiary/aromatic N) is 1. The van der Waals surface area contributed by atoms with E-state index in [2.05, 4.69) is 4.99 Å². The number of hydrogen-bond acceptors (Lipinski definition) is 2. The summed E-state index contributed by atoms with van der Waals surface area (Å²) in [5, 5.41) is 2.12. The minimum Gasteiger partial charge on any atom is -1.00 e.